The van der Waals surface area contributed by atoms with E-state index < -0.39 is 17.2 Å². The molecule has 0 aliphatic rings. The van der Waals surface area contributed by atoms with Crippen molar-refractivity contribution in [3.8, 4) is 0 Å². The van der Waals surface area contributed by atoms with Crippen LogP contribution in [0.3, 0.4) is 0 Å². The van der Waals surface area contributed by atoms with Gasteiger partial charge in [-0.05, 0) is 61.5 Å². The van der Waals surface area contributed by atoms with Gasteiger partial charge in [-0.25, -0.2) is 19.2 Å². The molecule has 9 aromatic rings. The van der Waals surface area contributed by atoms with Gasteiger partial charge in [0, 0.05) is 58.0 Å². The Bertz CT molecular complexity index is 2920. The van der Waals surface area contributed by atoms with E-state index in [1.807, 2.05) is 22.9 Å². The lowest BCUT2D eigenvalue weighted by Gasteiger charge is -2.04. The second-order valence-corrected chi connectivity index (χ2v) is 15.1. The summed E-state index contributed by atoms with van der Waals surface area (Å²) in [5, 5.41) is 13.6. The second-order valence-electron chi connectivity index (χ2n) is 11.0. The third-order valence-electron chi connectivity index (χ3n) is 7.92. The van der Waals surface area contributed by atoms with Crippen LogP contribution in [0.4, 0.5) is 15.0 Å². The van der Waals surface area contributed by atoms with E-state index in [1.165, 1.54) is 34.0 Å². The standard InChI is InChI=1S/C14H11NO4S.C11H6BrNO2S.C11H6ClNO2S/c1-2-18-13(16)7-3-4-10-8(5-7)9-6-20-12(15)11(9)14(17)19-10;2*12-5-1-2-8-6(3-5)7-4-16-10(13)9(7)11(14)15-8/h3-6H,2,15H2,1H3;2*1-4H,13H2. The normalized spacial score (nSPS) is 11.2. The monoisotopic (exact) mass is 835 g/mol. The molecule has 0 amide bonds. The Morgan fingerprint density at radius 2 is 1.08 bits per heavy atom. The molecule has 6 heterocycles. The molecule has 0 bridgehead atoms. The Morgan fingerprint density at radius 1 is 0.654 bits per heavy atom. The molecular weight excluding hydrogens is 814 g/mol. The van der Waals surface area contributed by atoms with Crippen molar-refractivity contribution in [3.05, 3.63) is 117 Å². The molecule has 0 aliphatic heterocycles. The van der Waals surface area contributed by atoms with E-state index in [0.717, 1.165) is 26.0 Å². The van der Waals surface area contributed by atoms with E-state index in [4.69, 9.17) is 46.8 Å². The summed E-state index contributed by atoms with van der Waals surface area (Å²) >= 11 is 13.3. The fraction of sp³-hybridized carbons (Fsp3) is 0.0556. The number of ether oxygens (including phenoxy) is 1. The second kappa shape index (κ2) is 14.1. The summed E-state index contributed by atoms with van der Waals surface area (Å²) in [5.41, 5.74) is 18.0. The number of thiophene rings is 3. The van der Waals surface area contributed by atoms with Crippen molar-refractivity contribution in [1.29, 1.82) is 0 Å². The molecular formula is C36H23BrClN3O8S3. The highest BCUT2D eigenvalue weighted by Gasteiger charge is 2.16. The Balaban J connectivity index is 0.000000122. The molecule has 6 N–H and O–H groups in total. The van der Waals surface area contributed by atoms with E-state index in [1.54, 1.807) is 54.8 Å². The first-order chi connectivity index (χ1) is 24.9. The average Bonchev–Trinajstić information content (AvgIpc) is 3.83. The van der Waals surface area contributed by atoms with Gasteiger partial charge in [-0.3, -0.25) is 0 Å². The maximum atomic E-state index is 11.9. The van der Waals surface area contributed by atoms with E-state index in [2.05, 4.69) is 15.9 Å². The number of halogens is 2. The van der Waals surface area contributed by atoms with E-state index >= 15 is 0 Å². The zero-order valence-corrected chi connectivity index (χ0v) is 31.4. The average molecular weight is 837 g/mol. The molecule has 52 heavy (non-hydrogen) atoms. The molecule has 9 rings (SSSR count). The number of hydrogen-bond donors (Lipinski definition) is 3. The van der Waals surface area contributed by atoms with Crippen molar-refractivity contribution in [3.63, 3.8) is 0 Å². The molecule has 6 aromatic heterocycles. The minimum absolute atomic E-state index is 0.307. The first-order valence-corrected chi connectivity index (χ1v) is 18.9. The number of rotatable bonds is 2. The highest BCUT2D eigenvalue weighted by atomic mass is 79.9. The number of carbonyl (C=O) groups excluding carboxylic acids is 1. The van der Waals surface area contributed by atoms with Crippen LogP contribution in [0.5, 0.6) is 0 Å². The van der Waals surface area contributed by atoms with Crippen molar-refractivity contribution in [1.82, 2.24) is 0 Å². The molecule has 16 heteroatoms. The molecule has 0 spiro atoms. The van der Waals surface area contributed by atoms with E-state index in [0.29, 0.717) is 75.9 Å². The Labute approximate surface area is 316 Å². The van der Waals surface area contributed by atoms with Crippen LogP contribution in [0.15, 0.2) is 103 Å². The van der Waals surface area contributed by atoms with E-state index in [9.17, 15) is 19.2 Å². The Hall–Kier alpha value is -5.19. The van der Waals surface area contributed by atoms with Crippen LogP contribution in [0.2, 0.25) is 5.02 Å². The topological polar surface area (TPSA) is 195 Å². The van der Waals surface area contributed by atoms with E-state index in [-0.39, 0.29) is 5.63 Å². The lowest BCUT2D eigenvalue weighted by molar-refractivity contribution is 0.0526. The van der Waals surface area contributed by atoms with Crippen LogP contribution in [0.25, 0.3) is 65.2 Å². The zero-order chi connectivity index (χ0) is 36.8. The van der Waals surface area contributed by atoms with Gasteiger partial charge in [0.2, 0.25) is 0 Å². The fourth-order valence-corrected chi connectivity index (χ4v) is 8.51. The van der Waals surface area contributed by atoms with Crippen LogP contribution >= 0.6 is 61.5 Å². The first-order valence-electron chi connectivity index (χ1n) is 15.1. The predicted octanol–water partition coefficient (Wildman–Crippen LogP) is 9.36. The van der Waals surface area contributed by atoms with Gasteiger partial charge in [0.15, 0.2) is 0 Å². The number of nitrogen functional groups attached to an aromatic ring is 3. The van der Waals surface area contributed by atoms with Crippen molar-refractivity contribution in [2.45, 2.75) is 6.92 Å². The van der Waals surface area contributed by atoms with Crippen molar-refractivity contribution >= 4 is 148 Å². The minimum atomic E-state index is -0.463. The summed E-state index contributed by atoms with van der Waals surface area (Å²) in [6.45, 7) is 2.05. The predicted molar refractivity (Wildman–Crippen MR) is 216 cm³/mol. The SMILES string of the molecule is CCOC(=O)c1ccc2oc(=O)c3c(N)scc3c2c1.Nc1scc2c1c(=O)oc1ccc(Br)cc12.Nc1scc2c1c(=O)oc1ccc(Cl)cc12. The Kier molecular flexibility index (Phi) is 9.54. The van der Waals surface area contributed by atoms with Crippen LogP contribution in [-0.2, 0) is 4.74 Å². The quantitative estimate of drug-likeness (QED) is 0.111. The summed E-state index contributed by atoms with van der Waals surface area (Å²) in [5.74, 6) is -0.406. The third-order valence-corrected chi connectivity index (χ3v) is 11.1. The summed E-state index contributed by atoms with van der Waals surface area (Å²) in [4.78, 5) is 47.0. The van der Waals surface area contributed by atoms with Crippen molar-refractivity contribution in [2.75, 3.05) is 23.8 Å². The Morgan fingerprint density at radius 3 is 1.56 bits per heavy atom. The molecule has 0 aliphatic carbocycles. The summed E-state index contributed by atoms with van der Waals surface area (Å²) < 4.78 is 21.5. The molecule has 0 unspecified atom stereocenters. The van der Waals surface area contributed by atoms with Crippen molar-refractivity contribution < 1.29 is 22.8 Å². The zero-order valence-electron chi connectivity index (χ0n) is 26.6. The van der Waals surface area contributed by atoms with Crippen LogP contribution < -0.4 is 34.1 Å². The summed E-state index contributed by atoms with van der Waals surface area (Å²) in [7, 11) is 0. The van der Waals surface area contributed by atoms with Crippen LogP contribution in [0.1, 0.15) is 17.3 Å². The molecule has 0 radical (unpaired) electrons. The van der Waals surface area contributed by atoms with Gasteiger partial charge in [-0.1, -0.05) is 27.5 Å². The van der Waals surface area contributed by atoms with Crippen LogP contribution in [0, 0.1) is 0 Å². The molecule has 262 valence electrons. The maximum Gasteiger partial charge on any atom is 0.347 e. The molecule has 0 saturated heterocycles. The molecule has 0 saturated carbocycles. The van der Waals surface area contributed by atoms with Crippen molar-refractivity contribution in [2.24, 2.45) is 0 Å². The van der Waals surface area contributed by atoms with Gasteiger partial charge in [-0.15, -0.1) is 34.0 Å². The molecule has 11 nitrogen and oxygen atoms in total. The lowest BCUT2D eigenvalue weighted by atomic mass is 10.1. The highest BCUT2D eigenvalue weighted by Crippen LogP contribution is 2.34. The summed E-state index contributed by atoms with van der Waals surface area (Å²) in [6, 6.07) is 15.5. The number of esters is 1. The van der Waals surface area contributed by atoms with Gasteiger partial charge < -0.3 is 35.2 Å². The number of fused-ring (bicyclic) bond motifs is 9. The largest absolute Gasteiger partial charge is 0.462 e. The number of anilines is 3. The first kappa shape index (κ1) is 35.2. The smallest absolute Gasteiger partial charge is 0.347 e. The molecule has 0 fully saturated rings. The summed E-state index contributed by atoms with van der Waals surface area (Å²) in [6.07, 6.45) is 0. The molecule has 0 atom stereocenters. The molecule has 3 aromatic carbocycles. The van der Waals surface area contributed by atoms with Gasteiger partial charge in [0.25, 0.3) is 0 Å². The highest BCUT2D eigenvalue weighted by molar-refractivity contribution is 9.10. The van der Waals surface area contributed by atoms with Gasteiger partial charge >= 0.3 is 22.8 Å². The number of carbonyl (C=O) groups is 1. The van der Waals surface area contributed by atoms with Gasteiger partial charge in [0.1, 0.15) is 47.9 Å². The maximum absolute atomic E-state index is 11.9. The van der Waals surface area contributed by atoms with Crippen LogP contribution in [-0.4, -0.2) is 12.6 Å². The number of benzene rings is 3. The number of hydrogen-bond acceptors (Lipinski definition) is 14. The van der Waals surface area contributed by atoms with Gasteiger partial charge in [-0.2, -0.15) is 0 Å². The number of nitrogens with two attached hydrogens (primary N) is 3. The third kappa shape index (κ3) is 6.41. The fourth-order valence-electron chi connectivity index (χ4n) is 5.57. The minimum Gasteiger partial charge on any atom is -0.462 e. The lowest BCUT2D eigenvalue weighted by Crippen LogP contribution is -2.05. The van der Waals surface area contributed by atoms with Gasteiger partial charge in [0.05, 0.1) is 12.2 Å².